The summed E-state index contributed by atoms with van der Waals surface area (Å²) in [5.74, 6) is 0.00455. The molecule has 2 rings (SSSR count). The molecule has 0 aliphatic heterocycles. The lowest BCUT2D eigenvalue weighted by Gasteiger charge is -2.17. The lowest BCUT2D eigenvalue weighted by atomic mass is 10.1. The van der Waals surface area contributed by atoms with Gasteiger partial charge in [0.15, 0.2) is 0 Å². The number of benzene rings is 2. The maximum absolute atomic E-state index is 13.0. The minimum atomic E-state index is -0.241. The van der Waals surface area contributed by atoms with Crippen molar-refractivity contribution in [3.8, 4) is 5.75 Å². The highest BCUT2D eigenvalue weighted by atomic mass is 127. The molecule has 2 aromatic carbocycles. The normalized spacial score (nSPS) is 12.2. The molecule has 1 atom stereocenters. The molecule has 0 saturated heterocycles. The van der Waals surface area contributed by atoms with Gasteiger partial charge >= 0.3 is 0 Å². The predicted molar refractivity (Wildman–Crippen MR) is 79.3 cm³/mol. The summed E-state index contributed by atoms with van der Waals surface area (Å²) >= 11 is 2.09. The van der Waals surface area contributed by atoms with E-state index in [4.69, 9.17) is 0 Å². The van der Waals surface area contributed by atoms with Gasteiger partial charge in [0.05, 0.1) is 0 Å². The number of hydrogen-bond donors (Lipinski definition) is 2. The van der Waals surface area contributed by atoms with Crippen molar-refractivity contribution >= 4 is 28.3 Å². The SMILES string of the molecule is CC(Nc1ccc(F)cc1I)c1cccc(O)c1. The average molecular weight is 357 g/mol. The Hall–Kier alpha value is -1.30. The van der Waals surface area contributed by atoms with Crippen LogP contribution in [0.3, 0.4) is 0 Å². The zero-order chi connectivity index (χ0) is 13.1. The summed E-state index contributed by atoms with van der Waals surface area (Å²) in [6.07, 6.45) is 0. The van der Waals surface area contributed by atoms with E-state index in [1.807, 2.05) is 13.0 Å². The Kier molecular flexibility index (Phi) is 4.06. The average Bonchev–Trinajstić information content (AvgIpc) is 2.32. The third-order valence-corrected chi connectivity index (χ3v) is 3.57. The number of halogens is 2. The van der Waals surface area contributed by atoms with Crippen LogP contribution < -0.4 is 5.32 Å². The van der Waals surface area contributed by atoms with Crippen molar-refractivity contribution < 1.29 is 9.50 Å². The zero-order valence-corrected chi connectivity index (χ0v) is 12.0. The van der Waals surface area contributed by atoms with Crippen molar-refractivity contribution in [1.29, 1.82) is 0 Å². The number of aromatic hydroxyl groups is 1. The van der Waals surface area contributed by atoms with Crippen molar-refractivity contribution in [2.24, 2.45) is 0 Å². The molecule has 4 heteroatoms. The molecule has 0 bridgehead atoms. The molecular formula is C14H13FINO. The number of rotatable bonds is 3. The molecule has 2 nitrogen and oxygen atoms in total. The van der Waals surface area contributed by atoms with Gasteiger partial charge in [-0.1, -0.05) is 12.1 Å². The van der Waals surface area contributed by atoms with Crippen LogP contribution >= 0.6 is 22.6 Å². The molecule has 18 heavy (non-hydrogen) atoms. The molecule has 0 spiro atoms. The minimum absolute atomic E-state index is 0.0380. The van der Waals surface area contributed by atoms with Crippen LogP contribution in [0.25, 0.3) is 0 Å². The van der Waals surface area contributed by atoms with Gasteiger partial charge in [0.1, 0.15) is 11.6 Å². The van der Waals surface area contributed by atoms with Crippen LogP contribution in [0.1, 0.15) is 18.5 Å². The Balaban J connectivity index is 2.18. The van der Waals surface area contributed by atoms with E-state index in [9.17, 15) is 9.50 Å². The zero-order valence-electron chi connectivity index (χ0n) is 9.82. The van der Waals surface area contributed by atoms with E-state index in [-0.39, 0.29) is 17.6 Å². The molecule has 0 aliphatic carbocycles. The number of hydrogen-bond acceptors (Lipinski definition) is 2. The number of phenols is 1. The first-order chi connectivity index (χ1) is 8.56. The van der Waals surface area contributed by atoms with Crippen LogP contribution in [-0.2, 0) is 0 Å². The summed E-state index contributed by atoms with van der Waals surface area (Å²) in [5, 5.41) is 12.7. The largest absolute Gasteiger partial charge is 0.508 e. The van der Waals surface area contributed by atoms with Gasteiger partial charge in [-0.05, 0) is 65.4 Å². The fourth-order valence-corrected chi connectivity index (χ4v) is 2.35. The Bertz CT molecular complexity index is 559. The molecule has 0 heterocycles. The van der Waals surface area contributed by atoms with Crippen LogP contribution in [0.4, 0.5) is 10.1 Å². The standard InChI is InChI=1S/C14H13FINO/c1-9(10-3-2-4-12(18)7-10)17-14-6-5-11(15)8-13(14)16/h2-9,17-18H,1H3. The smallest absolute Gasteiger partial charge is 0.124 e. The highest BCUT2D eigenvalue weighted by molar-refractivity contribution is 14.1. The molecule has 94 valence electrons. The van der Waals surface area contributed by atoms with E-state index < -0.39 is 0 Å². The van der Waals surface area contributed by atoms with Gasteiger partial charge in [-0.3, -0.25) is 0 Å². The minimum Gasteiger partial charge on any atom is -0.508 e. The molecule has 0 amide bonds. The number of anilines is 1. The molecule has 0 aliphatic rings. The third-order valence-electron chi connectivity index (χ3n) is 2.67. The molecule has 0 saturated carbocycles. The fraction of sp³-hybridized carbons (Fsp3) is 0.143. The molecule has 2 aromatic rings. The summed E-state index contributed by atoms with van der Waals surface area (Å²) in [6, 6.07) is 11.8. The molecular weight excluding hydrogens is 344 g/mol. The van der Waals surface area contributed by atoms with Gasteiger partial charge in [0.25, 0.3) is 0 Å². The molecule has 0 aromatic heterocycles. The maximum atomic E-state index is 13.0. The summed E-state index contributed by atoms with van der Waals surface area (Å²) in [5.41, 5.74) is 1.86. The summed E-state index contributed by atoms with van der Waals surface area (Å²) < 4.78 is 13.8. The van der Waals surface area contributed by atoms with Crippen LogP contribution in [0.5, 0.6) is 5.75 Å². The van der Waals surface area contributed by atoms with Crippen LogP contribution in [0.15, 0.2) is 42.5 Å². The van der Waals surface area contributed by atoms with Crippen molar-refractivity contribution in [2.45, 2.75) is 13.0 Å². The predicted octanol–water partition coefficient (Wildman–Crippen LogP) is 4.31. The molecule has 0 radical (unpaired) electrons. The van der Waals surface area contributed by atoms with Crippen molar-refractivity contribution in [3.05, 3.63) is 57.4 Å². The van der Waals surface area contributed by atoms with Gasteiger partial charge < -0.3 is 10.4 Å². The molecule has 2 N–H and O–H groups in total. The van der Waals surface area contributed by atoms with Crippen LogP contribution in [0, 0.1) is 9.39 Å². The quantitative estimate of drug-likeness (QED) is 0.803. The lowest BCUT2D eigenvalue weighted by Crippen LogP contribution is -2.07. The van der Waals surface area contributed by atoms with Crippen molar-refractivity contribution in [1.82, 2.24) is 0 Å². The number of phenolic OH excluding ortho intramolecular Hbond substituents is 1. The van der Waals surface area contributed by atoms with E-state index >= 15 is 0 Å². The first-order valence-electron chi connectivity index (χ1n) is 5.57. The van der Waals surface area contributed by atoms with E-state index in [2.05, 4.69) is 27.9 Å². The Morgan fingerprint density at radius 3 is 2.67 bits per heavy atom. The van der Waals surface area contributed by atoms with E-state index in [0.717, 1.165) is 14.8 Å². The molecule has 1 unspecified atom stereocenters. The topological polar surface area (TPSA) is 32.3 Å². The third kappa shape index (κ3) is 3.13. The first kappa shape index (κ1) is 13.1. The maximum Gasteiger partial charge on any atom is 0.124 e. The Morgan fingerprint density at radius 1 is 1.22 bits per heavy atom. The molecule has 0 fully saturated rings. The highest BCUT2D eigenvalue weighted by Gasteiger charge is 2.08. The second kappa shape index (κ2) is 5.56. The van der Waals surface area contributed by atoms with E-state index in [1.54, 1.807) is 24.3 Å². The van der Waals surface area contributed by atoms with Gasteiger partial charge in [-0.2, -0.15) is 0 Å². The summed E-state index contributed by atoms with van der Waals surface area (Å²) in [7, 11) is 0. The monoisotopic (exact) mass is 357 g/mol. The van der Waals surface area contributed by atoms with Crippen LogP contribution in [0.2, 0.25) is 0 Å². The first-order valence-corrected chi connectivity index (χ1v) is 6.64. The second-order valence-corrected chi connectivity index (χ2v) is 5.25. The van der Waals surface area contributed by atoms with Crippen LogP contribution in [-0.4, -0.2) is 5.11 Å². The highest BCUT2D eigenvalue weighted by Crippen LogP contribution is 2.25. The van der Waals surface area contributed by atoms with Crippen molar-refractivity contribution in [2.75, 3.05) is 5.32 Å². The van der Waals surface area contributed by atoms with Gasteiger partial charge in [0.2, 0.25) is 0 Å². The Labute approximate surface area is 119 Å². The van der Waals surface area contributed by atoms with Gasteiger partial charge in [-0.25, -0.2) is 4.39 Å². The van der Waals surface area contributed by atoms with Crippen molar-refractivity contribution in [3.63, 3.8) is 0 Å². The summed E-state index contributed by atoms with van der Waals surface area (Å²) in [6.45, 7) is 1.99. The second-order valence-electron chi connectivity index (χ2n) is 4.09. The van der Waals surface area contributed by atoms with Gasteiger partial charge in [-0.15, -0.1) is 0 Å². The van der Waals surface area contributed by atoms with E-state index in [0.29, 0.717) is 0 Å². The number of nitrogens with one attached hydrogen (secondary N) is 1. The van der Waals surface area contributed by atoms with E-state index in [1.165, 1.54) is 12.1 Å². The fourth-order valence-electron chi connectivity index (χ4n) is 1.72. The summed E-state index contributed by atoms with van der Waals surface area (Å²) in [4.78, 5) is 0. The van der Waals surface area contributed by atoms with Gasteiger partial charge in [0, 0.05) is 15.3 Å². The Morgan fingerprint density at radius 2 is 2.00 bits per heavy atom. The lowest BCUT2D eigenvalue weighted by molar-refractivity contribution is 0.474.